The Labute approximate surface area is 128 Å². The van der Waals surface area contributed by atoms with Crippen LogP contribution in [-0.4, -0.2) is 36.4 Å². The molecule has 2 atom stereocenters. The molecule has 0 radical (unpaired) electrons. The molecule has 1 saturated heterocycles. The topological polar surface area (TPSA) is 87.7 Å². The van der Waals surface area contributed by atoms with Crippen molar-refractivity contribution >= 4 is 33.6 Å². The number of hydrogen-bond donors (Lipinski definition) is 3. The van der Waals surface area contributed by atoms with Crippen LogP contribution in [0.1, 0.15) is 6.92 Å². The van der Waals surface area contributed by atoms with Gasteiger partial charge in [0.2, 0.25) is 0 Å². The van der Waals surface area contributed by atoms with Gasteiger partial charge >= 0.3 is 12.0 Å². The SMILES string of the molecule is CC1(C(=O)O)COCC1NC(=O)Nc1c(F)cccc1Br. The highest BCUT2D eigenvalue weighted by atomic mass is 79.9. The molecule has 3 N–H and O–H groups in total. The van der Waals surface area contributed by atoms with Crippen molar-refractivity contribution in [2.75, 3.05) is 18.5 Å². The Hall–Kier alpha value is -1.67. The summed E-state index contributed by atoms with van der Waals surface area (Å²) in [5.74, 6) is -1.65. The van der Waals surface area contributed by atoms with Crippen molar-refractivity contribution in [1.82, 2.24) is 5.32 Å². The summed E-state index contributed by atoms with van der Waals surface area (Å²) in [6.07, 6.45) is 0. The summed E-state index contributed by atoms with van der Waals surface area (Å²) >= 11 is 3.13. The first-order valence-electron chi connectivity index (χ1n) is 6.17. The van der Waals surface area contributed by atoms with Gasteiger partial charge in [-0.15, -0.1) is 0 Å². The minimum atomic E-state index is -1.20. The number of halogens is 2. The fourth-order valence-corrected chi connectivity index (χ4v) is 2.45. The maximum absolute atomic E-state index is 13.6. The van der Waals surface area contributed by atoms with E-state index in [0.717, 1.165) is 0 Å². The highest BCUT2D eigenvalue weighted by Crippen LogP contribution is 2.29. The summed E-state index contributed by atoms with van der Waals surface area (Å²) in [4.78, 5) is 23.2. The van der Waals surface area contributed by atoms with E-state index < -0.39 is 29.3 Å². The predicted octanol–water partition coefficient (Wildman–Crippen LogP) is 2.20. The van der Waals surface area contributed by atoms with Crippen molar-refractivity contribution in [3.63, 3.8) is 0 Å². The van der Waals surface area contributed by atoms with Crippen LogP contribution in [0.2, 0.25) is 0 Å². The Morgan fingerprint density at radius 2 is 2.24 bits per heavy atom. The lowest BCUT2D eigenvalue weighted by Gasteiger charge is -2.25. The quantitative estimate of drug-likeness (QED) is 0.770. The van der Waals surface area contributed by atoms with Gasteiger partial charge in [0, 0.05) is 4.47 Å². The zero-order valence-corrected chi connectivity index (χ0v) is 12.7. The molecule has 0 aliphatic carbocycles. The fraction of sp³-hybridized carbons (Fsp3) is 0.385. The maximum Gasteiger partial charge on any atom is 0.319 e. The molecule has 2 amide bonds. The normalized spacial score (nSPS) is 24.6. The van der Waals surface area contributed by atoms with Crippen LogP contribution in [0.4, 0.5) is 14.9 Å². The second-order valence-electron chi connectivity index (χ2n) is 4.99. The molecule has 1 aromatic rings. The number of aliphatic carboxylic acids is 1. The minimum absolute atomic E-state index is 0.00839. The van der Waals surface area contributed by atoms with Crippen LogP contribution in [0, 0.1) is 11.2 Å². The molecule has 1 aliphatic heterocycles. The number of anilines is 1. The van der Waals surface area contributed by atoms with E-state index in [9.17, 15) is 19.1 Å². The molecule has 0 aromatic heterocycles. The molecule has 114 valence electrons. The highest BCUT2D eigenvalue weighted by molar-refractivity contribution is 9.10. The van der Waals surface area contributed by atoms with E-state index in [4.69, 9.17) is 4.74 Å². The van der Waals surface area contributed by atoms with E-state index in [0.29, 0.717) is 4.47 Å². The summed E-state index contributed by atoms with van der Waals surface area (Å²) < 4.78 is 19.1. The summed E-state index contributed by atoms with van der Waals surface area (Å²) in [5.41, 5.74) is -1.21. The molecule has 1 fully saturated rings. The Morgan fingerprint density at radius 1 is 1.52 bits per heavy atom. The van der Waals surface area contributed by atoms with Crippen molar-refractivity contribution in [3.8, 4) is 0 Å². The molecule has 8 heteroatoms. The van der Waals surface area contributed by atoms with Crippen LogP contribution in [0.15, 0.2) is 22.7 Å². The number of benzene rings is 1. The number of rotatable bonds is 3. The van der Waals surface area contributed by atoms with Gasteiger partial charge in [-0.05, 0) is 35.0 Å². The van der Waals surface area contributed by atoms with Crippen molar-refractivity contribution in [2.24, 2.45) is 5.41 Å². The molecule has 0 saturated carbocycles. The van der Waals surface area contributed by atoms with E-state index >= 15 is 0 Å². The van der Waals surface area contributed by atoms with Gasteiger partial charge in [-0.2, -0.15) is 0 Å². The third-order valence-electron chi connectivity index (χ3n) is 3.45. The van der Waals surface area contributed by atoms with Crippen LogP contribution in [0.25, 0.3) is 0 Å². The van der Waals surface area contributed by atoms with Crippen molar-refractivity contribution in [3.05, 3.63) is 28.5 Å². The molecule has 0 bridgehead atoms. The van der Waals surface area contributed by atoms with Gasteiger partial charge in [0.1, 0.15) is 11.2 Å². The molecule has 2 unspecified atom stereocenters. The number of urea groups is 1. The summed E-state index contributed by atoms with van der Waals surface area (Å²) in [7, 11) is 0. The van der Waals surface area contributed by atoms with Gasteiger partial charge < -0.3 is 20.5 Å². The highest BCUT2D eigenvalue weighted by Gasteiger charge is 2.47. The van der Waals surface area contributed by atoms with Crippen molar-refractivity contribution < 1.29 is 23.8 Å². The molecule has 1 aromatic carbocycles. The smallest absolute Gasteiger partial charge is 0.319 e. The number of nitrogens with one attached hydrogen (secondary N) is 2. The molecule has 1 heterocycles. The lowest BCUT2D eigenvalue weighted by molar-refractivity contribution is -0.148. The largest absolute Gasteiger partial charge is 0.481 e. The van der Waals surface area contributed by atoms with Gasteiger partial charge in [0.25, 0.3) is 0 Å². The van der Waals surface area contributed by atoms with E-state index in [-0.39, 0.29) is 18.9 Å². The number of hydrogen-bond acceptors (Lipinski definition) is 3. The number of para-hydroxylation sites is 1. The number of ether oxygens (including phenoxy) is 1. The first-order valence-corrected chi connectivity index (χ1v) is 6.96. The zero-order chi connectivity index (χ0) is 15.6. The van der Waals surface area contributed by atoms with Crippen LogP contribution in [-0.2, 0) is 9.53 Å². The van der Waals surface area contributed by atoms with E-state index in [1.54, 1.807) is 6.07 Å². The summed E-state index contributed by atoms with van der Waals surface area (Å²) in [5, 5.41) is 14.1. The van der Waals surface area contributed by atoms with Crippen LogP contribution >= 0.6 is 15.9 Å². The Bertz CT molecular complexity index is 563. The lowest BCUT2D eigenvalue weighted by Crippen LogP contribution is -2.50. The second-order valence-corrected chi connectivity index (χ2v) is 5.84. The molecule has 1 aliphatic rings. The van der Waals surface area contributed by atoms with Crippen molar-refractivity contribution in [1.29, 1.82) is 0 Å². The third kappa shape index (κ3) is 3.16. The van der Waals surface area contributed by atoms with Crippen LogP contribution in [0.3, 0.4) is 0 Å². The van der Waals surface area contributed by atoms with Gasteiger partial charge in [0.15, 0.2) is 0 Å². The Kier molecular flexibility index (Phi) is 4.48. The Balaban J connectivity index is 2.07. The third-order valence-corrected chi connectivity index (χ3v) is 4.11. The maximum atomic E-state index is 13.6. The van der Waals surface area contributed by atoms with Gasteiger partial charge in [-0.25, -0.2) is 9.18 Å². The number of carboxylic acid groups (broad SMARTS) is 1. The van der Waals surface area contributed by atoms with E-state index in [1.807, 2.05) is 0 Å². The first kappa shape index (κ1) is 15.7. The molecule has 21 heavy (non-hydrogen) atoms. The summed E-state index contributed by atoms with van der Waals surface area (Å²) in [6.45, 7) is 1.59. The average molecular weight is 361 g/mol. The first-order chi connectivity index (χ1) is 9.84. The number of amides is 2. The second kappa shape index (κ2) is 5.98. The number of carboxylic acids is 1. The lowest BCUT2D eigenvalue weighted by atomic mass is 9.85. The van der Waals surface area contributed by atoms with Crippen LogP contribution < -0.4 is 10.6 Å². The van der Waals surface area contributed by atoms with Gasteiger partial charge in [-0.3, -0.25) is 4.79 Å². The van der Waals surface area contributed by atoms with Gasteiger partial charge in [0.05, 0.1) is 24.9 Å². The van der Waals surface area contributed by atoms with E-state index in [1.165, 1.54) is 19.1 Å². The van der Waals surface area contributed by atoms with E-state index in [2.05, 4.69) is 26.6 Å². The van der Waals surface area contributed by atoms with Crippen LogP contribution in [0.5, 0.6) is 0 Å². The minimum Gasteiger partial charge on any atom is -0.481 e. The van der Waals surface area contributed by atoms with Gasteiger partial charge in [-0.1, -0.05) is 6.07 Å². The number of carbonyl (C=O) groups is 2. The molecule has 6 nitrogen and oxygen atoms in total. The number of carbonyl (C=O) groups excluding carboxylic acids is 1. The average Bonchev–Trinajstić information content (AvgIpc) is 2.77. The fourth-order valence-electron chi connectivity index (χ4n) is 2.01. The predicted molar refractivity (Wildman–Crippen MR) is 76.6 cm³/mol. The monoisotopic (exact) mass is 360 g/mol. The van der Waals surface area contributed by atoms with Crippen molar-refractivity contribution in [2.45, 2.75) is 13.0 Å². The molecule has 2 rings (SSSR count). The summed E-state index contributed by atoms with van der Waals surface area (Å²) in [6, 6.07) is 2.90. The molecular formula is C13H14BrFN2O4. The standard InChI is InChI=1S/C13H14BrFN2O4/c1-13(11(18)19)6-21-5-9(13)16-12(20)17-10-7(14)3-2-4-8(10)15/h2-4,9H,5-6H2,1H3,(H,18,19)(H2,16,17,20). The zero-order valence-electron chi connectivity index (χ0n) is 11.2. The Morgan fingerprint density at radius 3 is 2.86 bits per heavy atom. The molecular weight excluding hydrogens is 347 g/mol. The molecule has 0 spiro atoms.